The average molecular weight is 596 g/mol. The van der Waals surface area contributed by atoms with E-state index < -0.39 is 0 Å². The van der Waals surface area contributed by atoms with Gasteiger partial charge < -0.3 is 14.8 Å². The lowest BCUT2D eigenvalue weighted by Crippen LogP contribution is -2.17. The number of anilines is 2. The molecule has 0 radical (unpaired) electrons. The van der Waals surface area contributed by atoms with Crippen molar-refractivity contribution in [2.75, 3.05) is 19.0 Å². The number of aromatic nitrogens is 1. The lowest BCUT2D eigenvalue weighted by molar-refractivity contribution is 0.0955. The Morgan fingerprint density at radius 2 is 1.97 bits per heavy atom. The number of nitrogens with one attached hydrogen (secondary N) is 2. The van der Waals surface area contributed by atoms with Gasteiger partial charge in [-0.1, -0.05) is 29.7 Å². The third kappa shape index (κ3) is 6.89. The number of amides is 1. The molecule has 1 aromatic heterocycles. The first kappa shape index (κ1) is 26.2. The SMILES string of the molecule is C#CCOc1c(Br)cc(/C=N\NC(=O)c2ccc(-c3csc(Nc4ccc(Cl)cc4)n3)cc2)cc1OC. The number of terminal acetylenes is 1. The van der Waals surface area contributed by atoms with Crippen LogP contribution in [-0.2, 0) is 0 Å². The van der Waals surface area contributed by atoms with Crippen LogP contribution in [-0.4, -0.2) is 30.8 Å². The van der Waals surface area contributed by atoms with E-state index in [1.165, 1.54) is 24.7 Å². The van der Waals surface area contributed by atoms with E-state index in [2.05, 4.69) is 42.7 Å². The number of benzene rings is 3. The zero-order valence-corrected chi connectivity index (χ0v) is 22.7. The number of carbonyl (C=O) groups is 1. The monoisotopic (exact) mass is 594 g/mol. The van der Waals surface area contributed by atoms with E-state index in [4.69, 9.17) is 27.5 Å². The molecule has 1 amide bonds. The number of nitrogens with zero attached hydrogens (tertiary/aromatic N) is 2. The Morgan fingerprint density at radius 3 is 2.68 bits per heavy atom. The van der Waals surface area contributed by atoms with Crippen molar-refractivity contribution >= 4 is 61.8 Å². The lowest BCUT2D eigenvalue weighted by Gasteiger charge is -2.11. The molecular formula is C27H20BrClN4O3S. The third-order valence-electron chi connectivity index (χ3n) is 4.97. The molecule has 0 aliphatic rings. The van der Waals surface area contributed by atoms with Gasteiger partial charge in [0, 0.05) is 27.2 Å². The molecule has 0 atom stereocenters. The summed E-state index contributed by atoms with van der Waals surface area (Å²) in [5.41, 5.74) is 6.29. The molecule has 0 aliphatic carbocycles. The smallest absolute Gasteiger partial charge is 0.271 e. The van der Waals surface area contributed by atoms with Crippen LogP contribution in [0, 0.1) is 12.3 Å². The predicted octanol–water partition coefficient (Wildman–Crippen LogP) is 6.75. The number of methoxy groups -OCH3 is 1. The summed E-state index contributed by atoms with van der Waals surface area (Å²) in [5.74, 6) is 3.05. The molecule has 0 unspecified atom stereocenters. The molecule has 4 aromatic rings. The van der Waals surface area contributed by atoms with Crippen molar-refractivity contribution in [2.24, 2.45) is 5.10 Å². The van der Waals surface area contributed by atoms with Gasteiger partial charge in [0.15, 0.2) is 16.6 Å². The van der Waals surface area contributed by atoms with Crippen molar-refractivity contribution in [3.63, 3.8) is 0 Å². The van der Waals surface area contributed by atoms with Gasteiger partial charge >= 0.3 is 0 Å². The number of carbonyl (C=O) groups excluding carboxylic acids is 1. The number of hydrazone groups is 1. The molecule has 2 N–H and O–H groups in total. The number of thiazole rings is 1. The van der Waals surface area contributed by atoms with Gasteiger partial charge in [0.1, 0.15) is 6.61 Å². The highest BCUT2D eigenvalue weighted by atomic mass is 79.9. The van der Waals surface area contributed by atoms with Gasteiger partial charge in [0.25, 0.3) is 5.91 Å². The molecule has 3 aromatic carbocycles. The van der Waals surface area contributed by atoms with E-state index in [1.54, 1.807) is 24.3 Å². The van der Waals surface area contributed by atoms with E-state index in [9.17, 15) is 4.79 Å². The molecule has 0 fully saturated rings. The van der Waals surface area contributed by atoms with Crippen LogP contribution in [0.1, 0.15) is 15.9 Å². The summed E-state index contributed by atoms with van der Waals surface area (Å²) in [5, 5.41) is 10.7. The Kier molecular flexibility index (Phi) is 8.80. The largest absolute Gasteiger partial charge is 0.493 e. The fourth-order valence-electron chi connectivity index (χ4n) is 3.21. The molecule has 186 valence electrons. The zero-order chi connectivity index (χ0) is 26.2. The molecule has 0 bridgehead atoms. The third-order valence-corrected chi connectivity index (χ3v) is 6.57. The van der Waals surface area contributed by atoms with Gasteiger partial charge in [-0.05, 0) is 70.0 Å². The second-order valence-corrected chi connectivity index (χ2v) is 9.62. The molecule has 0 saturated heterocycles. The average Bonchev–Trinajstić information content (AvgIpc) is 3.37. The van der Waals surface area contributed by atoms with Crippen LogP contribution in [0.3, 0.4) is 0 Å². The van der Waals surface area contributed by atoms with Crippen LogP contribution in [0.15, 0.2) is 75.6 Å². The van der Waals surface area contributed by atoms with Gasteiger partial charge in [-0.2, -0.15) is 5.10 Å². The molecule has 1 heterocycles. The van der Waals surface area contributed by atoms with E-state index in [0.29, 0.717) is 32.1 Å². The van der Waals surface area contributed by atoms with E-state index in [1.807, 2.05) is 41.8 Å². The van der Waals surface area contributed by atoms with Crippen molar-refractivity contribution < 1.29 is 14.3 Å². The summed E-state index contributed by atoms with van der Waals surface area (Å²) in [7, 11) is 1.53. The molecular weight excluding hydrogens is 576 g/mol. The van der Waals surface area contributed by atoms with Crippen LogP contribution in [0.25, 0.3) is 11.3 Å². The van der Waals surface area contributed by atoms with E-state index in [0.717, 1.165) is 22.1 Å². The summed E-state index contributed by atoms with van der Waals surface area (Å²) in [6.07, 6.45) is 6.77. The quantitative estimate of drug-likeness (QED) is 0.127. The van der Waals surface area contributed by atoms with Crippen LogP contribution in [0.4, 0.5) is 10.8 Å². The van der Waals surface area contributed by atoms with Crippen molar-refractivity contribution in [2.45, 2.75) is 0 Å². The summed E-state index contributed by atoms with van der Waals surface area (Å²) >= 11 is 10.9. The topological polar surface area (TPSA) is 84.8 Å². The second kappa shape index (κ2) is 12.4. The van der Waals surface area contributed by atoms with Crippen LogP contribution in [0.2, 0.25) is 5.02 Å². The summed E-state index contributed by atoms with van der Waals surface area (Å²) in [6, 6.07) is 18.1. The molecule has 7 nitrogen and oxygen atoms in total. The Bertz CT molecular complexity index is 1460. The Hall–Kier alpha value is -3.84. The molecule has 10 heteroatoms. The minimum Gasteiger partial charge on any atom is -0.493 e. The highest BCUT2D eigenvalue weighted by molar-refractivity contribution is 9.10. The number of hydrogen-bond donors (Lipinski definition) is 2. The summed E-state index contributed by atoms with van der Waals surface area (Å²) < 4.78 is 11.5. The molecule has 0 aliphatic heterocycles. The van der Waals surface area contributed by atoms with Crippen molar-refractivity contribution in [1.82, 2.24) is 10.4 Å². The molecule has 0 spiro atoms. The number of rotatable bonds is 9. The van der Waals surface area contributed by atoms with Gasteiger partial charge in [0.05, 0.1) is 23.5 Å². The zero-order valence-electron chi connectivity index (χ0n) is 19.5. The lowest BCUT2D eigenvalue weighted by atomic mass is 10.1. The predicted molar refractivity (Wildman–Crippen MR) is 152 cm³/mol. The first-order valence-corrected chi connectivity index (χ1v) is 12.9. The molecule has 0 saturated carbocycles. The van der Waals surface area contributed by atoms with Crippen molar-refractivity contribution in [3.05, 3.63) is 86.7 Å². The van der Waals surface area contributed by atoms with Gasteiger partial charge in [-0.15, -0.1) is 17.8 Å². The maximum absolute atomic E-state index is 12.5. The van der Waals surface area contributed by atoms with Crippen LogP contribution >= 0.6 is 38.9 Å². The first-order chi connectivity index (χ1) is 18.0. The molecule has 4 rings (SSSR count). The van der Waals surface area contributed by atoms with E-state index in [-0.39, 0.29) is 12.5 Å². The fourth-order valence-corrected chi connectivity index (χ4v) is 4.65. The van der Waals surface area contributed by atoms with Gasteiger partial charge in [0.2, 0.25) is 0 Å². The summed E-state index contributed by atoms with van der Waals surface area (Å²) in [6.45, 7) is 0.112. The van der Waals surface area contributed by atoms with Gasteiger partial charge in [-0.25, -0.2) is 10.4 Å². The minimum absolute atomic E-state index is 0.112. The Labute approximate surface area is 231 Å². The normalized spacial score (nSPS) is 10.6. The van der Waals surface area contributed by atoms with Crippen LogP contribution in [0.5, 0.6) is 11.5 Å². The first-order valence-electron chi connectivity index (χ1n) is 10.8. The Morgan fingerprint density at radius 1 is 1.22 bits per heavy atom. The maximum Gasteiger partial charge on any atom is 0.271 e. The fraction of sp³-hybridized carbons (Fsp3) is 0.0741. The minimum atomic E-state index is -0.342. The number of ether oxygens (including phenoxy) is 2. The molecule has 37 heavy (non-hydrogen) atoms. The number of hydrogen-bond acceptors (Lipinski definition) is 7. The van der Waals surface area contributed by atoms with Crippen molar-refractivity contribution in [3.8, 4) is 35.1 Å². The maximum atomic E-state index is 12.5. The summed E-state index contributed by atoms with van der Waals surface area (Å²) in [4.78, 5) is 17.2. The Balaban J connectivity index is 1.37. The standard InChI is InChI=1S/C27H20BrClN4O3S/c1-3-12-36-25-22(28)13-17(14-24(25)35-2)15-30-33-26(34)19-6-4-18(5-7-19)23-16-37-27(32-23)31-21-10-8-20(29)9-11-21/h1,4-11,13-16H,12H2,2H3,(H,31,32)(H,33,34)/b30-15-. The second-order valence-electron chi connectivity index (χ2n) is 7.47. The van der Waals surface area contributed by atoms with Crippen molar-refractivity contribution in [1.29, 1.82) is 0 Å². The number of halogens is 2. The van der Waals surface area contributed by atoms with Gasteiger partial charge in [-0.3, -0.25) is 4.79 Å². The highest BCUT2D eigenvalue weighted by Gasteiger charge is 2.11. The van der Waals surface area contributed by atoms with E-state index >= 15 is 0 Å². The van der Waals surface area contributed by atoms with Crippen LogP contribution < -0.4 is 20.2 Å². The highest BCUT2D eigenvalue weighted by Crippen LogP contribution is 2.36.